The SMILES string of the molecule is CC.CC(C)C.CC1(C)C2=C(CCC=C2)N(c2ccc(-c3nccc(-c4ccccc4)n3)cc2)c2cc3c(cc21)N(c1ccccc1)c1ccccc1C3(C)C. The fraction of sp³-hybridized carbons (Fsp3) is 0.269. The number of hydrogen-bond donors (Lipinski definition) is 0. The van der Waals surface area contributed by atoms with Crippen LogP contribution in [-0.4, -0.2) is 9.97 Å². The van der Waals surface area contributed by atoms with Gasteiger partial charge in [0.2, 0.25) is 0 Å². The van der Waals surface area contributed by atoms with E-state index in [0.29, 0.717) is 0 Å². The van der Waals surface area contributed by atoms with Gasteiger partial charge >= 0.3 is 0 Å². The molecular formula is C52H56N4. The van der Waals surface area contributed by atoms with E-state index in [1.165, 1.54) is 50.7 Å². The van der Waals surface area contributed by atoms with Crippen molar-refractivity contribution in [3.8, 4) is 22.6 Å². The first-order chi connectivity index (χ1) is 27.1. The Morgan fingerprint density at radius 3 is 1.82 bits per heavy atom. The van der Waals surface area contributed by atoms with Gasteiger partial charge < -0.3 is 9.80 Å². The zero-order valence-corrected chi connectivity index (χ0v) is 34.6. The van der Waals surface area contributed by atoms with Crippen LogP contribution in [0.4, 0.5) is 28.4 Å². The van der Waals surface area contributed by atoms with Crippen molar-refractivity contribution < 1.29 is 0 Å². The van der Waals surface area contributed by atoms with Gasteiger partial charge in [-0.3, -0.25) is 0 Å². The summed E-state index contributed by atoms with van der Waals surface area (Å²) in [5.41, 5.74) is 15.5. The molecule has 3 aliphatic rings. The molecule has 6 aromatic rings. The van der Waals surface area contributed by atoms with E-state index in [1.54, 1.807) is 0 Å². The summed E-state index contributed by atoms with van der Waals surface area (Å²) < 4.78 is 0. The van der Waals surface area contributed by atoms with Gasteiger partial charge in [-0.05, 0) is 102 Å². The largest absolute Gasteiger partial charge is 0.314 e. The normalized spacial score (nSPS) is 15.7. The lowest BCUT2D eigenvalue weighted by molar-refractivity contribution is 0.596. The Labute approximate surface area is 335 Å². The predicted molar refractivity (Wildman–Crippen MR) is 239 cm³/mol. The van der Waals surface area contributed by atoms with Crippen LogP contribution >= 0.6 is 0 Å². The van der Waals surface area contributed by atoms with E-state index >= 15 is 0 Å². The number of para-hydroxylation sites is 2. The van der Waals surface area contributed by atoms with Gasteiger partial charge in [-0.1, -0.05) is 141 Å². The van der Waals surface area contributed by atoms with Gasteiger partial charge in [0.15, 0.2) is 5.82 Å². The highest BCUT2D eigenvalue weighted by atomic mass is 15.2. The first-order valence-electron chi connectivity index (χ1n) is 20.4. The Morgan fingerprint density at radius 2 is 1.14 bits per heavy atom. The summed E-state index contributed by atoms with van der Waals surface area (Å²) in [6.45, 7) is 20.1. The maximum Gasteiger partial charge on any atom is 0.159 e. The number of allylic oxidation sites excluding steroid dienone is 4. The molecular weight excluding hydrogens is 681 g/mol. The zero-order chi connectivity index (χ0) is 39.6. The van der Waals surface area contributed by atoms with E-state index in [0.717, 1.165) is 47.1 Å². The number of aromatic nitrogens is 2. The summed E-state index contributed by atoms with van der Waals surface area (Å²) in [7, 11) is 0. The third-order valence-corrected chi connectivity index (χ3v) is 11.0. The molecule has 0 atom stereocenters. The molecule has 0 saturated carbocycles. The molecule has 56 heavy (non-hydrogen) atoms. The molecule has 9 rings (SSSR count). The average Bonchev–Trinajstić information content (AvgIpc) is 3.22. The van der Waals surface area contributed by atoms with Crippen molar-refractivity contribution in [2.45, 2.75) is 86.0 Å². The van der Waals surface area contributed by atoms with Gasteiger partial charge in [0.05, 0.1) is 22.8 Å². The van der Waals surface area contributed by atoms with E-state index in [9.17, 15) is 0 Å². The van der Waals surface area contributed by atoms with Crippen molar-refractivity contribution in [1.29, 1.82) is 0 Å². The fourth-order valence-electron chi connectivity index (χ4n) is 8.34. The molecule has 1 aliphatic carbocycles. The van der Waals surface area contributed by atoms with Crippen molar-refractivity contribution in [3.05, 3.63) is 174 Å². The summed E-state index contributed by atoms with van der Waals surface area (Å²) in [6.07, 6.45) is 8.61. The third-order valence-electron chi connectivity index (χ3n) is 11.0. The summed E-state index contributed by atoms with van der Waals surface area (Å²) in [4.78, 5) is 14.6. The quantitative estimate of drug-likeness (QED) is 0.180. The Morgan fingerprint density at radius 1 is 0.571 bits per heavy atom. The third kappa shape index (κ3) is 6.98. The molecule has 2 aliphatic heterocycles. The van der Waals surface area contributed by atoms with E-state index in [4.69, 9.17) is 4.98 Å². The minimum Gasteiger partial charge on any atom is -0.314 e. The minimum absolute atomic E-state index is 0.178. The summed E-state index contributed by atoms with van der Waals surface area (Å²) >= 11 is 0. The molecule has 3 heterocycles. The van der Waals surface area contributed by atoms with Gasteiger partial charge in [-0.25, -0.2) is 9.97 Å². The van der Waals surface area contributed by atoms with Crippen LogP contribution in [0.1, 0.15) is 91.8 Å². The maximum atomic E-state index is 4.94. The van der Waals surface area contributed by atoms with Crippen LogP contribution in [0, 0.1) is 5.92 Å². The van der Waals surface area contributed by atoms with Crippen molar-refractivity contribution in [2.75, 3.05) is 9.80 Å². The van der Waals surface area contributed by atoms with Gasteiger partial charge in [-0.15, -0.1) is 0 Å². The van der Waals surface area contributed by atoms with Gasteiger partial charge in [0.1, 0.15) is 0 Å². The van der Waals surface area contributed by atoms with Crippen LogP contribution in [0.25, 0.3) is 22.6 Å². The monoisotopic (exact) mass is 736 g/mol. The molecule has 0 bridgehead atoms. The van der Waals surface area contributed by atoms with E-state index in [1.807, 2.05) is 44.3 Å². The highest BCUT2D eigenvalue weighted by Gasteiger charge is 2.43. The van der Waals surface area contributed by atoms with Crippen LogP contribution < -0.4 is 9.80 Å². The van der Waals surface area contributed by atoms with Crippen LogP contribution in [0.2, 0.25) is 0 Å². The number of rotatable bonds is 4. The van der Waals surface area contributed by atoms with Crippen LogP contribution in [0.3, 0.4) is 0 Å². The molecule has 284 valence electrons. The first kappa shape index (κ1) is 38.5. The van der Waals surface area contributed by atoms with Crippen LogP contribution in [0.5, 0.6) is 0 Å². The van der Waals surface area contributed by atoms with E-state index in [2.05, 4.69) is 179 Å². The molecule has 5 aromatic carbocycles. The molecule has 1 aromatic heterocycles. The summed E-state index contributed by atoms with van der Waals surface area (Å²) in [6, 6.07) is 45.8. The minimum atomic E-state index is -0.200. The van der Waals surface area contributed by atoms with Gasteiger partial charge in [0.25, 0.3) is 0 Å². The molecule has 0 unspecified atom stereocenters. The lowest BCUT2D eigenvalue weighted by atomic mass is 9.68. The lowest BCUT2D eigenvalue weighted by Crippen LogP contribution is -2.37. The predicted octanol–water partition coefficient (Wildman–Crippen LogP) is 14.6. The van der Waals surface area contributed by atoms with E-state index < -0.39 is 0 Å². The van der Waals surface area contributed by atoms with Crippen molar-refractivity contribution >= 4 is 28.4 Å². The van der Waals surface area contributed by atoms with Gasteiger partial charge in [-0.2, -0.15) is 0 Å². The summed E-state index contributed by atoms with van der Waals surface area (Å²) in [5, 5.41) is 0. The number of fused-ring (bicyclic) bond motifs is 3. The van der Waals surface area contributed by atoms with Crippen molar-refractivity contribution in [3.63, 3.8) is 0 Å². The number of benzene rings is 5. The molecule has 0 spiro atoms. The van der Waals surface area contributed by atoms with Crippen molar-refractivity contribution in [1.82, 2.24) is 9.97 Å². The smallest absolute Gasteiger partial charge is 0.159 e. The van der Waals surface area contributed by atoms with Crippen molar-refractivity contribution in [2.24, 2.45) is 5.92 Å². The number of anilines is 5. The molecule has 0 saturated heterocycles. The Bertz CT molecular complexity index is 2360. The molecule has 0 N–H and O–H groups in total. The van der Waals surface area contributed by atoms with Gasteiger partial charge in [0, 0.05) is 45.2 Å². The second-order valence-corrected chi connectivity index (χ2v) is 16.4. The average molecular weight is 737 g/mol. The topological polar surface area (TPSA) is 32.3 Å². The Balaban J connectivity index is 0.000000755. The first-order valence-corrected chi connectivity index (χ1v) is 20.4. The molecule has 0 fully saturated rings. The van der Waals surface area contributed by atoms with Crippen LogP contribution in [0.15, 0.2) is 157 Å². The van der Waals surface area contributed by atoms with E-state index in [-0.39, 0.29) is 10.8 Å². The highest BCUT2D eigenvalue weighted by Crippen LogP contribution is 2.58. The second kappa shape index (κ2) is 15.8. The van der Waals surface area contributed by atoms with Crippen LogP contribution in [-0.2, 0) is 10.8 Å². The molecule has 0 radical (unpaired) electrons. The zero-order valence-electron chi connectivity index (χ0n) is 34.6. The summed E-state index contributed by atoms with van der Waals surface area (Å²) in [5.74, 6) is 1.56. The standard InChI is InChI=1S/C46H40N4.C4H10.C2H6/c1-45(2)35-19-11-13-21-40(35)49(33-17-9-6-10-18-33)42-29-38-43(30-37(42)45)50(41-22-14-12-20-36(41)46(38,3)4)34-25-23-32(24-26-34)44-47-28-27-39(48-44)31-15-7-5-8-16-31;1-4(2)3;1-2/h5-13,15-21,23-30H,14,22H2,1-4H3;4H,1-3H3;1-2H3. The Hall–Kier alpha value is -5.74. The Kier molecular flexibility index (Phi) is 10.9. The molecule has 4 nitrogen and oxygen atoms in total. The molecule has 0 amide bonds. The number of hydrogen-bond acceptors (Lipinski definition) is 4. The molecule has 4 heteroatoms. The second-order valence-electron chi connectivity index (χ2n) is 16.4. The number of nitrogens with zero attached hydrogens (tertiary/aromatic N) is 4. The highest BCUT2D eigenvalue weighted by molar-refractivity contribution is 5.90. The lowest BCUT2D eigenvalue weighted by Gasteiger charge is -2.48. The maximum absolute atomic E-state index is 4.94. The fourth-order valence-corrected chi connectivity index (χ4v) is 8.34.